The summed E-state index contributed by atoms with van der Waals surface area (Å²) in [4.78, 5) is 24.9. The van der Waals surface area contributed by atoms with Crippen LogP contribution in [-0.4, -0.2) is 28.8 Å². The standard InChI is InChI=1S/C20H19NO3S/c1-14(25-13-15-8-4-3-5-9-15)19(22)21-12-17(20(23)24-2)16-10-6-7-11-18(16)21/h3-12,14H,13H2,1-2H3. The lowest BCUT2D eigenvalue weighted by Gasteiger charge is -2.12. The summed E-state index contributed by atoms with van der Waals surface area (Å²) in [7, 11) is 1.34. The van der Waals surface area contributed by atoms with Crippen LogP contribution < -0.4 is 0 Å². The van der Waals surface area contributed by atoms with E-state index in [0.717, 1.165) is 16.7 Å². The van der Waals surface area contributed by atoms with E-state index in [1.54, 1.807) is 22.5 Å². The van der Waals surface area contributed by atoms with E-state index in [1.165, 1.54) is 12.7 Å². The van der Waals surface area contributed by atoms with Gasteiger partial charge < -0.3 is 4.74 Å². The van der Waals surface area contributed by atoms with Crippen LogP contribution >= 0.6 is 11.8 Å². The number of hydrogen-bond acceptors (Lipinski definition) is 4. The number of methoxy groups -OCH3 is 1. The molecule has 0 fully saturated rings. The Labute approximate surface area is 150 Å². The predicted molar refractivity (Wildman–Crippen MR) is 101 cm³/mol. The maximum absolute atomic E-state index is 12.9. The second-order valence-electron chi connectivity index (χ2n) is 5.70. The summed E-state index contributed by atoms with van der Waals surface area (Å²) < 4.78 is 6.39. The number of hydrogen-bond donors (Lipinski definition) is 0. The Morgan fingerprint density at radius 1 is 1.08 bits per heavy atom. The zero-order valence-corrected chi connectivity index (χ0v) is 15.0. The first-order valence-electron chi connectivity index (χ1n) is 8.00. The van der Waals surface area contributed by atoms with Crippen LogP contribution in [0.2, 0.25) is 0 Å². The number of nitrogens with zero attached hydrogens (tertiary/aromatic N) is 1. The first-order valence-corrected chi connectivity index (χ1v) is 9.05. The zero-order valence-electron chi connectivity index (χ0n) is 14.1. The molecule has 3 aromatic rings. The van der Waals surface area contributed by atoms with Gasteiger partial charge in [0, 0.05) is 17.3 Å². The van der Waals surface area contributed by atoms with Crippen LogP contribution in [0.15, 0.2) is 60.8 Å². The van der Waals surface area contributed by atoms with Gasteiger partial charge in [0.25, 0.3) is 0 Å². The van der Waals surface area contributed by atoms with Crippen LogP contribution in [-0.2, 0) is 10.5 Å². The van der Waals surface area contributed by atoms with E-state index >= 15 is 0 Å². The molecule has 1 unspecified atom stereocenters. The summed E-state index contributed by atoms with van der Waals surface area (Å²) in [5.74, 6) is 0.274. The normalized spacial score (nSPS) is 12.1. The van der Waals surface area contributed by atoms with Gasteiger partial charge >= 0.3 is 5.97 Å². The molecule has 3 rings (SSSR count). The Morgan fingerprint density at radius 3 is 2.48 bits per heavy atom. The third-order valence-corrected chi connectivity index (χ3v) is 5.25. The second-order valence-corrected chi connectivity index (χ2v) is 7.03. The molecule has 4 nitrogen and oxygen atoms in total. The number of aromatic nitrogens is 1. The summed E-state index contributed by atoms with van der Waals surface area (Å²) in [6.45, 7) is 1.89. The van der Waals surface area contributed by atoms with Crippen LogP contribution in [0.25, 0.3) is 10.9 Å². The van der Waals surface area contributed by atoms with Crippen LogP contribution in [0.3, 0.4) is 0 Å². The Hall–Kier alpha value is -2.53. The number of rotatable bonds is 5. The second kappa shape index (κ2) is 7.57. The van der Waals surface area contributed by atoms with E-state index in [4.69, 9.17) is 4.74 Å². The van der Waals surface area contributed by atoms with E-state index in [2.05, 4.69) is 0 Å². The quantitative estimate of drug-likeness (QED) is 0.638. The molecule has 1 atom stereocenters. The van der Waals surface area contributed by atoms with E-state index in [0.29, 0.717) is 5.56 Å². The van der Waals surface area contributed by atoms with Crippen molar-refractivity contribution < 1.29 is 14.3 Å². The Kier molecular flexibility index (Phi) is 5.24. The average Bonchev–Trinajstić information content (AvgIpc) is 3.05. The van der Waals surface area contributed by atoms with Crippen LogP contribution in [0.5, 0.6) is 0 Å². The maximum Gasteiger partial charge on any atom is 0.340 e. The van der Waals surface area contributed by atoms with Crippen molar-refractivity contribution in [2.24, 2.45) is 0 Å². The Balaban J connectivity index is 1.85. The summed E-state index contributed by atoms with van der Waals surface area (Å²) >= 11 is 1.58. The molecule has 0 saturated carbocycles. The molecule has 1 heterocycles. The molecule has 0 spiro atoms. The van der Waals surface area contributed by atoms with Gasteiger partial charge in [0.05, 0.1) is 23.4 Å². The van der Waals surface area contributed by atoms with Gasteiger partial charge in [-0.15, -0.1) is 11.8 Å². The largest absolute Gasteiger partial charge is 0.465 e. The summed E-state index contributed by atoms with van der Waals surface area (Å²) in [5.41, 5.74) is 2.31. The number of ether oxygens (including phenoxy) is 1. The fourth-order valence-electron chi connectivity index (χ4n) is 2.70. The average molecular weight is 353 g/mol. The van der Waals surface area contributed by atoms with Crippen LogP contribution in [0.1, 0.15) is 27.6 Å². The molecule has 0 aliphatic carbocycles. The van der Waals surface area contributed by atoms with Crippen molar-refractivity contribution in [3.8, 4) is 0 Å². The van der Waals surface area contributed by atoms with E-state index < -0.39 is 5.97 Å². The van der Waals surface area contributed by atoms with Gasteiger partial charge in [-0.25, -0.2) is 4.79 Å². The summed E-state index contributed by atoms with van der Waals surface area (Å²) in [6.07, 6.45) is 1.58. The lowest BCUT2D eigenvalue weighted by molar-refractivity contribution is 0.0603. The number of thioether (sulfide) groups is 1. The van der Waals surface area contributed by atoms with Gasteiger partial charge in [0.2, 0.25) is 5.91 Å². The smallest absolute Gasteiger partial charge is 0.340 e. The van der Waals surface area contributed by atoms with Crippen molar-refractivity contribution in [2.75, 3.05) is 7.11 Å². The number of fused-ring (bicyclic) bond motifs is 1. The SMILES string of the molecule is COC(=O)c1cn(C(=O)C(C)SCc2ccccc2)c2ccccc12. The minimum atomic E-state index is -0.438. The fraction of sp³-hybridized carbons (Fsp3) is 0.200. The monoisotopic (exact) mass is 353 g/mol. The highest BCUT2D eigenvalue weighted by Crippen LogP contribution is 2.25. The molecule has 25 heavy (non-hydrogen) atoms. The molecule has 0 N–H and O–H groups in total. The Morgan fingerprint density at radius 2 is 1.76 bits per heavy atom. The molecule has 0 bridgehead atoms. The first kappa shape index (κ1) is 17.3. The highest BCUT2D eigenvalue weighted by atomic mass is 32.2. The van der Waals surface area contributed by atoms with Crippen LogP contribution in [0.4, 0.5) is 0 Å². The molecule has 0 aliphatic rings. The highest BCUT2D eigenvalue weighted by Gasteiger charge is 2.22. The van der Waals surface area contributed by atoms with Gasteiger partial charge in [-0.05, 0) is 18.6 Å². The summed E-state index contributed by atoms with van der Waals surface area (Å²) in [5, 5.41) is 0.490. The lowest BCUT2D eigenvalue weighted by atomic mass is 10.2. The molecule has 128 valence electrons. The first-order chi connectivity index (χ1) is 12.1. The van der Waals surface area contributed by atoms with Crippen molar-refractivity contribution in [1.82, 2.24) is 4.57 Å². The molecule has 0 aliphatic heterocycles. The van der Waals surface area contributed by atoms with Crippen molar-refractivity contribution in [3.63, 3.8) is 0 Å². The van der Waals surface area contributed by atoms with Crippen molar-refractivity contribution in [1.29, 1.82) is 0 Å². The lowest BCUT2D eigenvalue weighted by Crippen LogP contribution is -2.21. The highest BCUT2D eigenvalue weighted by molar-refractivity contribution is 7.99. The maximum atomic E-state index is 12.9. The van der Waals surface area contributed by atoms with E-state index in [9.17, 15) is 9.59 Å². The summed E-state index contributed by atoms with van der Waals surface area (Å²) in [6, 6.07) is 17.4. The molecule has 2 aromatic carbocycles. The van der Waals surface area contributed by atoms with Crippen molar-refractivity contribution >= 4 is 34.5 Å². The van der Waals surface area contributed by atoms with Crippen molar-refractivity contribution in [3.05, 3.63) is 71.9 Å². The van der Waals surface area contributed by atoms with E-state index in [-0.39, 0.29) is 11.2 Å². The molecule has 0 radical (unpaired) electrons. The van der Waals surface area contributed by atoms with Gasteiger partial charge in [-0.2, -0.15) is 0 Å². The topological polar surface area (TPSA) is 48.3 Å². The number of esters is 1. The minimum Gasteiger partial charge on any atom is -0.465 e. The number of carbonyl (C=O) groups excluding carboxylic acids is 2. The number of para-hydroxylation sites is 1. The van der Waals surface area contributed by atoms with Crippen molar-refractivity contribution in [2.45, 2.75) is 17.9 Å². The van der Waals surface area contributed by atoms with Gasteiger partial charge in [0.15, 0.2) is 0 Å². The fourth-order valence-corrected chi connectivity index (χ4v) is 3.59. The molecular weight excluding hydrogens is 334 g/mol. The number of benzene rings is 2. The molecule has 0 amide bonds. The third kappa shape index (κ3) is 3.61. The van der Waals surface area contributed by atoms with E-state index in [1.807, 2.05) is 61.5 Å². The predicted octanol–water partition coefficient (Wildman–Crippen LogP) is 4.39. The van der Waals surface area contributed by atoms with Crippen LogP contribution in [0, 0.1) is 0 Å². The molecule has 1 aromatic heterocycles. The molecule has 0 saturated heterocycles. The van der Waals surface area contributed by atoms with Gasteiger partial charge in [-0.1, -0.05) is 48.5 Å². The minimum absolute atomic E-state index is 0.0488. The molecular formula is C20H19NO3S. The Bertz CT molecular complexity index is 902. The third-order valence-electron chi connectivity index (χ3n) is 4.05. The zero-order chi connectivity index (χ0) is 17.8. The van der Waals surface area contributed by atoms with Gasteiger partial charge in [0.1, 0.15) is 0 Å². The van der Waals surface area contributed by atoms with Gasteiger partial charge in [-0.3, -0.25) is 9.36 Å². The molecule has 5 heteroatoms. The number of carbonyl (C=O) groups is 2.